The SMILES string of the molecule is CCOC(=O)C1=C(C)N=c2s/c(=C/c3cc(Cl)c(OCc4ccc5c(c4)OCO5)c(Cl)c3)c(=O)n2[C@H]1c1ccccc1OC(C)C. The van der Waals surface area contributed by atoms with Crippen LogP contribution in [0.2, 0.25) is 10.0 Å². The van der Waals surface area contributed by atoms with Crippen LogP contribution in [0.1, 0.15) is 50.4 Å². The molecule has 3 heterocycles. The smallest absolute Gasteiger partial charge is 0.338 e. The van der Waals surface area contributed by atoms with Crippen LogP contribution < -0.4 is 33.8 Å². The van der Waals surface area contributed by atoms with Crippen molar-refractivity contribution in [3.8, 4) is 23.0 Å². The Morgan fingerprint density at radius 3 is 2.59 bits per heavy atom. The predicted molar refractivity (Wildman–Crippen MR) is 176 cm³/mol. The lowest BCUT2D eigenvalue weighted by Crippen LogP contribution is -2.40. The molecule has 0 amide bonds. The Kier molecular flexibility index (Phi) is 9.13. The molecular weight excluding hydrogens is 651 g/mol. The molecule has 0 saturated heterocycles. The van der Waals surface area contributed by atoms with Gasteiger partial charge in [-0.3, -0.25) is 9.36 Å². The van der Waals surface area contributed by atoms with Crippen molar-refractivity contribution in [2.75, 3.05) is 13.4 Å². The number of hydrogen-bond donors (Lipinski definition) is 0. The second-order valence-corrected chi connectivity index (χ2v) is 12.6. The number of thiazole rings is 1. The van der Waals surface area contributed by atoms with Crippen molar-refractivity contribution in [3.05, 3.63) is 112 Å². The molecule has 0 fully saturated rings. The number of carbonyl (C=O) groups is 1. The number of hydrogen-bond acceptors (Lipinski definition) is 9. The Balaban J connectivity index is 1.38. The van der Waals surface area contributed by atoms with Crippen LogP contribution in [0.5, 0.6) is 23.0 Å². The number of halogens is 2. The lowest BCUT2D eigenvalue weighted by Gasteiger charge is -2.26. The van der Waals surface area contributed by atoms with E-state index in [2.05, 4.69) is 4.99 Å². The van der Waals surface area contributed by atoms with Crippen molar-refractivity contribution in [2.45, 2.75) is 46.4 Å². The number of allylic oxidation sites excluding steroid dienone is 1. The van der Waals surface area contributed by atoms with E-state index in [0.29, 0.717) is 49.2 Å². The first-order valence-electron chi connectivity index (χ1n) is 14.6. The van der Waals surface area contributed by atoms with Crippen LogP contribution in [0.4, 0.5) is 0 Å². The van der Waals surface area contributed by atoms with Crippen LogP contribution in [0.25, 0.3) is 6.08 Å². The fraction of sp³-hybridized carbons (Fsp3) is 0.265. The Labute approximate surface area is 278 Å². The Morgan fingerprint density at radius 2 is 1.85 bits per heavy atom. The first-order chi connectivity index (χ1) is 22.1. The molecule has 2 aliphatic rings. The standard InChI is InChI=1S/C34H30Cl2N2O7S/c1-5-41-33(40)29-19(4)37-34-38(30(29)22-8-6-7-9-25(22)45-18(2)3)32(39)28(46-34)15-21-12-23(35)31(24(36)13-21)42-16-20-10-11-26-27(14-20)44-17-43-26/h6-15,18,30H,5,16-17H2,1-4H3/b28-15+/t30-/m0/s1. The van der Waals surface area contributed by atoms with E-state index in [0.717, 1.165) is 5.56 Å². The molecule has 3 aromatic carbocycles. The number of aromatic nitrogens is 1. The summed E-state index contributed by atoms with van der Waals surface area (Å²) in [6.07, 6.45) is 1.56. The normalized spacial score (nSPS) is 15.5. The third-order valence-electron chi connectivity index (χ3n) is 7.23. The first-order valence-corrected chi connectivity index (χ1v) is 16.2. The van der Waals surface area contributed by atoms with Crippen LogP contribution in [-0.2, 0) is 16.1 Å². The summed E-state index contributed by atoms with van der Waals surface area (Å²) in [5.74, 6) is 1.66. The molecule has 9 nitrogen and oxygen atoms in total. The zero-order chi connectivity index (χ0) is 32.5. The van der Waals surface area contributed by atoms with Crippen molar-refractivity contribution < 1.29 is 28.5 Å². The Bertz CT molecular complexity index is 2030. The highest BCUT2D eigenvalue weighted by Gasteiger charge is 2.35. The second kappa shape index (κ2) is 13.2. The minimum absolute atomic E-state index is 0.133. The number of esters is 1. The van der Waals surface area contributed by atoms with E-state index in [1.165, 1.54) is 15.9 Å². The van der Waals surface area contributed by atoms with E-state index in [1.54, 1.807) is 32.1 Å². The highest BCUT2D eigenvalue weighted by Crippen LogP contribution is 2.38. The number of fused-ring (bicyclic) bond motifs is 2. The van der Waals surface area contributed by atoms with Gasteiger partial charge in [0.1, 0.15) is 18.4 Å². The van der Waals surface area contributed by atoms with Crippen LogP contribution in [-0.4, -0.2) is 30.0 Å². The van der Waals surface area contributed by atoms with E-state index in [-0.39, 0.29) is 47.3 Å². The van der Waals surface area contributed by atoms with Crippen LogP contribution in [0, 0.1) is 0 Å². The Morgan fingerprint density at radius 1 is 1.11 bits per heavy atom. The quantitative estimate of drug-likeness (QED) is 0.194. The maximum Gasteiger partial charge on any atom is 0.338 e. The van der Waals surface area contributed by atoms with Crippen LogP contribution in [0.3, 0.4) is 0 Å². The monoisotopic (exact) mass is 680 g/mol. The molecule has 4 aromatic rings. The molecule has 12 heteroatoms. The van der Waals surface area contributed by atoms with Crippen molar-refractivity contribution >= 4 is 46.6 Å². The molecule has 0 spiro atoms. The van der Waals surface area contributed by atoms with E-state index < -0.39 is 12.0 Å². The molecule has 0 unspecified atom stereocenters. The van der Waals surface area contributed by atoms with Gasteiger partial charge in [0.15, 0.2) is 22.0 Å². The van der Waals surface area contributed by atoms with Gasteiger partial charge in [-0.25, -0.2) is 9.79 Å². The summed E-state index contributed by atoms with van der Waals surface area (Å²) in [4.78, 5) is 32.5. The van der Waals surface area contributed by atoms with Gasteiger partial charge in [0.05, 0.1) is 38.6 Å². The van der Waals surface area contributed by atoms with Crippen molar-refractivity contribution in [2.24, 2.45) is 4.99 Å². The van der Waals surface area contributed by atoms with Gasteiger partial charge in [0, 0.05) is 5.56 Å². The van der Waals surface area contributed by atoms with Crippen molar-refractivity contribution in [1.29, 1.82) is 0 Å². The molecule has 0 N–H and O–H groups in total. The van der Waals surface area contributed by atoms with E-state index in [9.17, 15) is 9.59 Å². The van der Waals surface area contributed by atoms with E-state index >= 15 is 0 Å². The minimum atomic E-state index is -0.813. The van der Waals surface area contributed by atoms with Gasteiger partial charge in [0.2, 0.25) is 6.79 Å². The molecule has 1 atom stereocenters. The molecule has 0 radical (unpaired) electrons. The molecule has 6 rings (SSSR count). The second-order valence-electron chi connectivity index (χ2n) is 10.8. The van der Waals surface area contributed by atoms with Crippen LogP contribution in [0.15, 0.2) is 75.7 Å². The third-order valence-corrected chi connectivity index (χ3v) is 8.78. The predicted octanol–water partition coefficient (Wildman–Crippen LogP) is 6.20. The molecule has 0 saturated carbocycles. The fourth-order valence-electron chi connectivity index (χ4n) is 5.29. The van der Waals surface area contributed by atoms with E-state index in [1.807, 2.05) is 56.3 Å². The summed E-state index contributed by atoms with van der Waals surface area (Å²) >= 11 is 14.4. The van der Waals surface area contributed by atoms with Gasteiger partial charge in [0.25, 0.3) is 5.56 Å². The maximum atomic E-state index is 14.1. The van der Waals surface area contributed by atoms with Gasteiger partial charge in [-0.1, -0.05) is 58.8 Å². The fourth-order valence-corrected chi connectivity index (χ4v) is 6.95. The van der Waals surface area contributed by atoms with Gasteiger partial charge in [-0.2, -0.15) is 0 Å². The topological polar surface area (TPSA) is 97.6 Å². The summed E-state index contributed by atoms with van der Waals surface area (Å²) in [7, 11) is 0. The molecule has 1 aromatic heterocycles. The Hall–Kier alpha value is -4.25. The highest BCUT2D eigenvalue weighted by atomic mass is 35.5. The average Bonchev–Trinajstić information content (AvgIpc) is 3.59. The van der Waals surface area contributed by atoms with Crippen LogP contribution >= 0.6 is 34.5 Å². The lowest BCUT2D eigenvalue weighted by molar-refractivity contribution is -0.139. The average molecular weight is 682 g/mol. The molecule has 46 heavy (non-hydrogen) atoms. The van der Waals surface area contributed by atoms with Gasteiger partial charge < -0.3 is 23.7 Å². The molecule has 2 aliphatic heterocycles. The number of ether oxygens (including phenoxy) is 5. The third kappa shape index (κ3) is 6.25. The summed E-state index contributed by atoms with van der Waals surface area (Å²) in [5, 5.41) is 0.565. The van der Waals surface area contributed by atoms with Gasteiger partial charge >= 0.3 is 5.97 Å². The van der Waals surface area contributed by atoms with Gasteiger partial charge in [-0.05, 0) is 75.2 Å². The van der Waals surface area contributed by atoms with E-state index in [4.69, 9.17) is 46.9 Å². The van der Waals surface area contributed by atoms with Crippen molar-refractivity contribution in [3.63, 3.8) is 0 Å². The lowest BCUT2D eigenvalue weighted by atomic mass is 9.95. The largest absolute Gasteiger partial charge is 0.491 e. The number of para-hydroxylation sites is 1. The number of carbonyl (C=O) groups excluding carboxylic acids is 1. The summed E-state index contributed by atoms with van der Waals surface area (Å²) < 4.78 is 30.2. The van der Waals surface area contributed by atoms with Crippen molar-refractivity contribution in [1.82, 2.24) is 4.57 Å². The zero-order valence-corrected chi connectivity index (χ0v) is 27.8. The molecular formula is C34H30Cl2N2O7S. The maximum absolute atomic E-state index is 14.1. The first kappa shape index (κ1) is 31.7. The zero-order valence-electron chi connectivity index (χ0n) is 25.5. The number of nitrogens with zero attached hydrogens (tertiary/aromatic N) is 2. The van der Waals surface area contributed by atoms with Gasteiger partial charge in [-0.15, -0.1) is 0 Å². The highest BCUT2D eigenvalue weighted by molar-refractivity contribution is 7.07. The minimum Gasteiger partial charge on any atom is -0.491 e. The summed E-state index contributed by atoms with van der Waals surface area (Å²) in [5.41, 5.74) is 2.50. The molecule has 0 bridgehead atoms. The number of benzene rings is 3. The summed E-state index contributed by atoms with van der Waals surface area (Å²) in [6.45, 7) is 7.87. The summed E-state index contributed by atoms with van der Waals surface area (Å²) in [6, 6.07) is 15.4. The number of rotatable bonds is 9. The molecule has 0 aliphatic carbocycles. The molecule has 238 valence electrons.